The monoisotopic (exact) mass is 472 g/mol. The number of anilines is 2. The van der Waals surface area contributed by atoms with Crippen molar-refractivity contribution in [2.75, 3.05) is 22.9 Å². The van der Waals surface area contributed by atoms with Crippen LogP contribution in [-0.4, -0.2) is 36.0 Å². The third-order valence-electron chi connectivity index (χ3n) is 6.09. The molecule has 168 valence electrons. The molecule has 1 saturated heterocycles. The van der Waals surface area contributed by atoms with Crippen LogP contribution in [0, 0.1) is 5.82 Å². The molecule has 2 atom stereocenters. The Labute approximate surface area is 196 Å². The quantitative estimate of drug-likeness (QED) is 0.692. The van der Waals surface area contributed by atoms with Gasteiger partial charge in [0.2, 0.25) is 0 Å². The van der Waals surface area contributed by atoms with Crippen LogP contribution in [0.25, 0.3) is 0 Å². The van der Waals surface area contributed by atoms with E-state index < -0.39 is 12.0 Å². The van der Waals surface area contributed by atoms with Gasteiger partial charge in [-0.3, -0.25) is 9.80 Å². The van der Waals surface area contributed by atoms with Gasteiger partial charge in [0.05, 0.1) is 16.3 Å². The Morgan fingerprint density at radius 1 is 1.03 bits per heavy atom. The zero-order chi connectivity index (χ0) is 22.2. The largest absolute Gasteiger partial charge is 0.312 e. The summed E-state index contributed by atoms with van der Waals surface area (Å²) in [5.74, 6) is 0.285. The molecular formula is C23H26ClFN6S. The first kappa shape index (κ1) is 21.7. The van der Waals surface area contributed by atoms with Crippen LogP contribution in [0.5, 0.6) is 0 Å². The molecule has 1 fully saturated rings. The van der Waals surface area contributed by atoms with Gasteiger partial charge in [-0.1, -0.05) is 41.9 Å². The van der Waals surface area contributed by atoms with E-state index in [1.165, 1.54) is 55.7 Å². The molecule has 0 amide bonds. The summed E-state index contributed by atoms with van der Waals surface area (Å²) in [5.41, 5.74) is 15.6. The SMILES string of the molecule is NC1C2=C(N=CN1c1ccc(F)c(Cl)c1)N(c1ccc(CN3CCCCC3)cc1)C(N)S2. The van der Waals surface area contributed by atoms with Gasteiger partial charge in [-0.2, -0.15) is 0 Å². The third-order valence-corrected chi connectivity index (χ3v) is 7.51. The number of halogens is 2. The maximum absolute atomic E-state index is 13.6. The number of piperidine rings is 1. The lowest BCUT2D eigenvalue weighted by Gasteiger charge is -2.31. The minimum atomic E-state index is -0.483. The maximum atomic E-state index is 13.6. The molecule has 32 heavy (non-hydrogen) atoms. The molecule has 3 heterocycles. The third kappa shape index (κ3) is 4.13. The van der Waals surface area contributed by atoms with Crippen LogP contribution in [0.1, 0.15) is 24.8 Å². The second-order valence-electron chi connectivity index (χ2n) is 8.26. The average Bonchev–Trinajstić information content (AvgIpc) is 3.14. The first-order valence-electron chi connectivity index (χ1n) is 10.8. The predicted octanol–water partition coefficient (Wildman–Crippen LogP) is 4.26. The van der Waals surface area contributed by atoms with E-state index in [0.717, 1.165) is 23.0 Å². The number of nitrogens with two attached hydrogens (primary N) is 2. The smallest absolute Gasteiger partial charge is 0.150 e. The predicted molar refractivity (Wildman–Crippen MR) is 131 cm³/mol. The molecule has 2 unspecified atom stereocenters. The number of rotatable bonds is 4. The molecule has 0 spiro atoms. The molecule has 0 aliphatic carbocycles. The van der Waals surface area contributed by atoms with E-state index >= 15 is 0 Å². The Balaban J connectivity index is 1.35. The van der Waals surface area contributed by atoms with E-state index in [1.54, 1.807) is 23.4 Å². The van der Waals surface area contributed by atoms with Crippen molar-refractivity contribution >= 4 is 41.1 Å². The van der Waals surface area contributed by atoms with Gasteiger partial charge in [0, 0.05) is 17.9 Å². The van der Waals surface area contributed by atoms with E-state index in [2.05, 4.69) is 34.2 Å². The van der Waals surface area contributed by atoms with Crippen LogP contribution in [0.4, 0.5) is 15.8 Å². The minimum absolute atomic E-state index is 0.0462. The van der Waals surface area contributed by atoms with Crippen LogP contribution < -0.4 is 21.3 Å². The highest BCUT2D eigenvalue weighted by Crippen LogP contribution is 2.43. The van der Waals surface area contributed by atoms with Gasteiger partial charge in [-0.15, -0.1) is 0 Å². The van der Waals surface area contributed by atoms with Gasteiger partial charge < -0.3 is 16.4 Å². The molecule has 3 aliphatic rings. The fourth-order valence-electron chi connectivity index (χ4n) is 4.40. The van der Waals surface area contributed by atoms with Crippen LogP contribution in [-0.2, 0) is 6.54 Å². The fourth-order valence-corrected chi connectivity index (χ4v) is 5.67. The van der Waals surface area contributed by atoms with Crippen molar-refractivity contribution in [3.8, 4) is 0 Å². The molecule has 2 aromatic rings. The Hall–Kier alpha value is -2.10. The summed E-state index contributed by atoms with van der Waals surface area (Å²) in [6.07, 6.45) is 5.08. The van der Waals surface area contributed by atoms with Crippen LogP contribution in [0.2, 0.25) is 5.02 Å². The molecular weight excluding hydrogens is 447 g/mol. The standard InChI is InChI=1S/C23H26ClFN6S/c24-18-12-17(8-9-19(18)25)30-14-28-22-20(21(30)26)32-23(27)31(22)16-6-4-15(5-7-16)13-29-10-2-1-3-11-29/h4-9,12,14,21,23H,1-3,10-11,13,26-27H2. The lowest BCUT2D eigenvalue weighted by molar-refractivity contribution is 0.221. The number of hydrogen-bond acceptors (Lipinski definition) is 7. The Morgan fingerprint density at radius 2 is 1.75 bits per heavy atom. The van der Waals surface area contributed by atoms with E-state index in [4.69, 9.17) is 23.1 Å². The topological polar surface area (TPSA) is 74.1 Å². The Morgan fingerprint density at radius 3 is 2.47 bits per heavy atom. The lowest BCUT2D eigenvalue weighted by atomic mass is 10.1. The summed E-state index contributed by atoms with van der Waals surface area (Å²) in [6.45, 7) is 3.33. The van der Waals surface area contributed by atoms with Crippen molar-refractivity contribution in [3.63, 3.8) is 0 Å². The molecule has 5 rings (SSSR count). The highest BCUT2D eigenvalue weighted by atomic mass is 35.5. The van der Waals surface area contributed by atoms with E-state index in [1.807, 2.05) is 4.90 Å². The molecule has 4 N–H and O–H groups in total. The highest BCUT2D eigenvalue weighted by molar-refractivity contribution is 8.04. The van der Waals surface area contributed by atoms with Crippen molar-refractivity contribution in [1.82, 2.24) is 4.90 Å². The van der Waals surface area contributed by atoms with Crippen molar-refractivity contribution in [3.05, 3.63) is 69.6 Å². The van der Waals surface area contributed by atoms with Crippen molar-refractivity contribution < 1.29 is 4.39 Å². The molecule has 6 nitrogen and oxygen atoms in total. The van der Waals surface area contributed by atoms with Gasteiger partial charge in [0.15, 0.2) is 0 Å². The van der Waals surface area contributed by atoms with Crippen molar-refractivity contribution in [2.24, 2.45) is 16.5 Å². The van der Waals surface area contributed by atoms with Crippen LogP contribution >= 0.6 is 23.4 Å². The van der Waals surface area contributed by atoms with Gasteiger partial charge in [0.1, 0.15) is 23.3 Å². The van der Waals surface area contributed by atoms with E-state index in [-0.39, 0.29) is 10.5 Å². The van der Waals surface area contributed by atoms with Crippen LogP contribution in [0.3, 0.4) is 0 Å². The molecule has 2 aromatic carbocycles. The zero-order valence-corrected chi connectivity index (χ0v) is 19.2. The maximum Gasteiger partial charge on any atom is 0.150 e. The van der Waals surface area contributed by atoms with E-state index in [9.17, 15) is 4.39 Å². The number of thioether (sulfide) groups is 1. The highest BCUT2D eigenvalue weighted by Gasteiger charge is 2.38. The number of benzene rings is 2. The summed E-state index contributed by atoms with van der Waals surface area (Å²) in [5, 5.41) is 0.0462. The Bertz CT molecular complexity index is 1050. The molecule has 0 aromatic heterocycles. The molecule has 3 aliphatic heterocycles. The van der Waals surface area contributed by atoms with Crippen LogP contribution in [0.15, 0.2) is 58.2 Å². The van der Waals surface area contributed by atoms with Gasteiger partial charge in [0.25, 0.3) is 0 Å². The first-order chi connectivity index (χ1) is 15.5. The molecule has 0 saturated carbocycles. The number of likely N-dealkylation sites (tertiary alicyclic amines) is 1. The summed E-state index contributed by atoms with van der Waals surface area (Å²) < 4.78 is 13.6. The summed E-state index contributed by atoms with van der Waals surface area (Å²) >= 11 is 7.44. The second-order valence-corrected chi connectivity index (χ2v) is 9.83. The van der Waals surface area contributed by atoms with Gasteiger partial charge in [-0.25, -0.2) is 9.38 Å². The van der Waals surface area contributed by atoms with Gasteiger partial charge >= 0.3 is 0 Å². The lowest BCUT2D eigenvalue weighted by Crippen LogP contribution is -2.44. The minimum Gasteiger partial charge on any atom is -0.312 e. The molecule has 0 bridgehead atoms. The molecule has 0 radical (unpaired) electrons. The average molecular weight is 473 g/mol. The number of aliphatic imine (C=N–C) groups is 1. The normalized spacial score (nSPS) is 23.8. The summed E-state index contributed by atoms with van der Waals surface area (Å²) in [4.78, 5) is 11.8. The van der Waals surface area contributed by atoms with Gasteiger partial charge in [-0.05, 0) is 61.8 Å². The molecule has 9 heteroatoms. The number of hydrogen-bond donors (Lipinski definition) is 2. The second kappa shape index (κ2) is 9.03. The van der Waals surface area contributed by atoms with Crippen molar-refractivity contribution in [1.29, 1.82) is 0 Å². The fraction of sp³-hybridized carbons (Fsp3) is 0.348. The zero-order valence-electron chi connectivity index (χ0n) is 17.6. The number of nitrogens with zero attached hydrogens (tertiary/aromatic N) is 4. The summed E-state index contributed by atoms with van der Waals surface area (Å²) in [7, 11) is 0. The first-order valence-corrected chi connectivity index (χ1v) is 12.1. The Kier molecular flexibility index (Phi) is 6.14. The summed E-state index contributed by atoms with van der Waals surface area (Å²) in [6, 6.07) is 13.0. The van der Waals surface area contributed by atoms with Crippen molar-refractivity contribution in [2.45, 2.75) is 37.5 Å². The van der Waals surface area contributed by atoms with E-state index in [0.29, 0.717) is 5.69 Å².